The summed E-state index contributed by atoms with van der Waals surface area (Å²) in [6.07, 6.45) is -0.0970. The number of hydrogen-bond acceptors (Lipinski definition) is 3. The van der Waals surface area contributed by atoms with Crippen molar-refractivity contribution in [3.63, 3.8) is 0 Å². The van der Waals surface area contributed by atoms with Gasteiger partial charge in [0.1, 0.15) is 17.6 Å². The Morgan fingerprint density at radius 2 is 2.06 bits per heavy atom. The summed E-state index contributed by atoms with van der Waals surface area (Å²) < 4.78 is 12.9. The van der Waals surface area contributed by atoms with Crippen molar-refractivity contribution in [2.75, 3.05) is 0 Å². The number of aliphatic carboxylic acids is 1. The summed E-state index contributed by atoms with van der Waals surface area (Å²) in [6, 6.07) is 2.13. The minimum absolute atomic E-state index is 0.0970. The second-order valence-electron chi connectivity index (χ2n) is 3.61. The number of rotatable bonds is 4. The summed E-state index contributed by atoms with van der Waals surface area (Å²) in [4.78, 5) is 21.6. The van der Waals surface area contributed by atoms with Crippen molar-refractivity contribution in [1.82, 2.24) is 5.32 Å². The minimum atomic E-state index is -1.22. The zero-order chi connectivity index (χ0) is 13.0. The predicted molar refractivity (Wildman–Crippen MR) is 57.0 cm³/mol. The van der Waals surface area contributed by atoms with E-state index in [9.17, 15) is 14.0 Å². The van der Waals surface area contributed by atoms with E-state index in [0.29, 0.717) is 5.56 Å². The monoisotopic (exact) mass is 241 g/mol. The van der Waals surface area contributed by atoms with Crippen LogP contribution in [0.3, 0.4) is 0 Å². The fraction of sp³-hybridized carbons (Fsp3) is 0.273. The topological polar surface area (TPSA) is 86.6 Å². The summed E-state index contributed by atoms with van der Waals surface area (Å²) in [5.41, 5.74) is 0.295. The van der Waals surface area contributed by atoms with E-state index in [1.54, 1.807) is 0 Å². The Morgan fingerprint density at radius 3 is 2.53 bits per heavy atom. The van der Waals surface area contributed by atoms with E-state index >= 15 is 0 Å². The molecule has 0 saturated heterocycles. The fourth-order valence-corrected chi connectivity index (χ4v) is 1.43. The Balaban J connectivity index is 2.85. The molecule has 92 valence electrons. The van der Waals surface area contributed by atoms with Crippen molar-refractivity contribution < 1.29 is 24.2 Å². The molecule has 1 rings (SSSR count). The molecule has 0 aromatic heterocycles. The van der Waals surface area contributed by atoms with Gasteiger partial charge in [-0.05, 0) is 17.7 Å². The third kappa shape index (κ3) is 4.10. The molecular weight excluding hydrogens is 229 g/mol. The molecule has 5 nitrogen and oxygen atoms in total. The van der Waals surface area contributed by atoms with Gasteiger partial charge in [0.05, 0.1) is 0 Å². The second kappa shape index (κ2) is 5.29. The molecule has 0 radical (unpaired) electrons. The summed E-state index contributed by atoms with van der Waals surface area (Å²) in [7, 11) is 0. The van der Waals surface area contributed by atoms with Crippen molar-refractivity contribution in [3.8, 4) is 5.75 Å². The number of carboxylic acids is 1. The molecule has 1 amide bonds. The van der Waals surface area contributed by atoms with Crippen LogP contribution in [-0.2, 0) is 16.0 Å². The smallest absolute Gasteiger partial charge is 0.326 e. The first-order valence-electron chi connectivity index (χ1n) is 4.87. The summed E-state index contributed by atoms with van der Waals surface area (Å²) in [6.45, 7) is 1.19. The van der Waals surface area contributed by atoms with Crippen LogP contribution in [0.1, 0.15) is 12.5 Å². The van der Waals surface area contributed by atoms with Gasteiger partial charge in [0.2, 0.25) is 5.91 Å². The van der Waals surface area contributed by atoms with Crippen LogP contribution in [0.15, 0.2) is 18.2 Å². The van der Waals surface area contributed by atoms with E-state index < -0.39 is 23.7 Å². The van der Waals surface area contributed by atoms with Gasteiger partial charge in [-0.1, -0.05) is 0 Å². The molecule has 0 aliphatic heterocycles. The van der Waals surface area contributed by atoms with Crippen LogP contribution in [-0.4, -0.2) is 28.1 Å². The lowest BCUT2D eigenvalue weighted by molar-refractivity contribution is -0.141. The summed E-state index contributed by atoms with van der Waals surface area (Å²) >= 11 is 0. The normalized spacial score (nSPS) is 11.9. The third-order valence-electron chi connectivity index (χ3n) is 2.06. The molecule has 0 heterocycles. The van der Waals surface area contributed by atoms with Crippen LogP contribution in [0.25, 0.3) is 0 Å². The van der Waals surface area contributed by atoms with Crippen molar-refractivity contribution in [2.24, 2.45) is 0 Å². The highest BCUT2D eigenvalue weighted by molar-refractivity contribution is 5.82. The largest absolute Gasteiger partial charge is 0.508 e. The number of carbonyl (C=O) groups is 2. The molecule has 6 heteroatoms. The highest BCUT2D eigenvalue weighted by atomic mass is 19.1. The van der Waals surface area contributed by atoms with Crippen molar-refractivity contribution in [1.29, 1.82) is 0 Å². The van der Waals surface area contributed by atoms with E-state index in [2.05, 4.69) is 5.32 Å². The molecule has 1 aromatic carbocycles. The molecule has 0 aliphatic rings. The average Bonchev–Trinajstić information content (AvgIpc) is 2.13. The fourth-order valence-electron chi connectivity index (χ4n) is 1.43. The van der Waals surface area contributed by atoms with Gasteiger partial charge in [0.15, 0.2) is 0 Å². The minimum Gasteiger partial charge on any atom is -0.508 e. The number of amides is 1. The Hall–Kier alpha value is -2.11. The molecule has 17 heavy (non-hydrogen) atoms. The van der Waals surface area contributed by atoms with Gasteiger partial charge in [-0.2, -0.15) is 0 Å². The number of nitrogens with one attached hydrogen (secondary N) is 1. The third-order valence-corrected chi connectivity index (χ3v) is 2.06. The molecule has 1 aromatic rings. The van der Waals surface area contributed by atoms with Crippen molar-refractivity contribution in [3.05, 3.63) is 29.6 Å². The lowest BCUT2D eigenvalue weighted by Gasteiger charge is -2.13. The van der Waals surface area contributed by atoms with Crippen molar-refractivity contribution >= 4 is 11.9 Å². The van der Waals surface area contributed by atoms with Gasteiger partial charge in [-0.3, -0.25) is 4.79 Å². The number of phenolic OH excluding ortho intramolecular Hbond substituents is 1. The number of halogens is 1. The maximum absolute atomic E-state index is 12.9. The molecule has 1 unspecified atom stereocenters. The first-order valence-corrected chi connectivity index (χ1v) is 4.87. The molecule has 0 saturated carbocycles. The summed E-state index contributed by atoms with van der Waals surface area (Å²) in [5, 5.41) is 20.2. The van der Waals surface area contributed by atoms with Crippen LogP contribution in [0.4, 0.5) is 4.39 Å². The zero-order valence-corrected chi connectivity index (χ0v) is 9.11. The van der Waals surface area contributed by atoms with Crippen LogP contribution in [0, 0.1) is 5.82 Å². The molecule has 0 bridgehead atoms. The second-order valence-corrected chi connectivity index (χ2v) is 3.61. The van der Waals surface area contributed by atoms with Crippen LogP contribution < -0.4 is 5.32 Å². The van der Waals surface area contributed by atoms with Gasteiger partial charge in [-0.25, -0.2) is 9.18 Å². The maximum atomic E-state index is 12.9. The van der Waals surface area contributed by atoms with Gasteiger partial charge in [0, 0.05) is 19.4 Å². The number of benzene rings is 1. The number of hydrogen-bond donors (Lipinski definition) is 3. The molecular formula is C11H12FNO4. The highest BCUT2D eigenvalue weighted by Gasteiger charge is 2.19. The van der Waals surface area contributed by atoms with Crippen LogP contribution in [0.2, 0.25) is 0 Å². The lowest BCUT2D eigenvalue weighted by Crippen LogP contribution is -2.41. The highest BCUT2D eigenvalue weighted by Crippen LogP contribution is 2.16. The van der Waals surface area contributed by atoms with Gasteiger partial charge in [-0.15, -0.1) is 0 Å². The van der Waals surface area contributed by atoms with Gasteiger partial charge in [0.25, 0.3) is 0 Å². The first kappa shape index (κ1) is 13.0. The standard InChI is InChI=1S/C11H12FNO4/c1-6(14)13-10(11(16)17)4-7-2-8(12)5-9(15)3-7/h2-3,5,10,15H,4H2,1H3,(H,13,14)(H,16,17). The lowest BCUT2D eigenvalue weighted by atomic mass is 10.1. The first-order chi connectivity index (χ1) is 7.88. The van der Waals surface area contributed by atoms with E-state index in [1.807, 2.05) is 0 Å². The van der Waals surface area contributed by atoms with Gasteiger partial charge < -0.3 is 15.5 Å². The number of aromatic hydroxyl groups is 1. The SMILES string of the molecule is CC(=O)NC(Cc1cc(O)cc(F)c1)C(=O)O. The van der Waals surface area contributed by atoms with E-state index in [-0.39, 0.29) is 12.2 Å². The van der Waals surface area contributed by atoms with E-state index in [0.717, 1.165) is 12.1 Å². The molecule has 1 atom stereocenters. The Bertz CT molecular complexity index is 427. The Labute approximate surface area is 96.9 Å². The Morgan fingerprint density at radius 1 is 1.41 bits per heavy atom. The predicted octanol–water partition coefficient (Wildman–Crippen LogP) is 0.663. The Kier molecular flexibility index (Phi) is 4.03. The van der Waals surface area contributed by atoms with Crippen molar-refractivity contribution in [2.45, 2.75) is 19.4 Å². The van der Waals surface area contributed by atoms with Crippen LogP contribution >= 0.6 is 0 Å². The molecule has 3 N–H and O–H groups in total. The number of phenols is 1. The summed E-state index contributed by atoms with van der Waals surface area (Å²) in [5.74, 6) is -2.65. The zero-order valence-electron chi connectivity index (χ0n) is 9.11. The van der Waals surface area contributed by atoms with Gasteiger partial charge >= 0.3 is 5.97 Å². The quantitative estimate of drug-likeness (QED) is 0.722. The van der Waals surface area contributed by atoms with E-state index in [1.165, 1.54) is 13.0 Å². The molecule has 0 spiro atoms. The van der Waals surface area contributed by atoms with Crippen LogP contribution in [0.5, 0.6) is 5.75 Å². The molecule has 0 aliphatic carbocycles. The van der Waals surface area contributed by atoms with E-state index in [4.69, 9.17) is 10.2 Å². The molecule has 0 fully saturated rings. The number of carboxylic acid groups (broad SMARTS) is 1. The average molecular weight is 241 g/mol. The number of carbonyl (C=O) groups excluding carboxylic acids is 1. The maximum Gasteiger partial charge on any atom is 0.326 e.